The van der Waals surface area contributed by atoms with Crippen molar-refractivity contribution in [3.63, 3.8) is 0 Å². The van der Waals surface area contributed by atoms with Gasteiger partial charge in [0, 0.05) is 46.9 Å². The Kier molecular flexibility index (Phi) is 9.84. The van der Waals surface area contributed by atoms with E-state index in [0.717, 1.165) is 74.4 Å². The van der Waals surface area contributed by atoms with Gasteiger partial charge in [-0.15, -0.1) is 0 Å². The van der Waals surface area contributed by atoms with Crippen molar-refractivity contribution in [1.82, 2.24) is 19.7 Å². The molecule has 1 amide bonds. The first-order valence-electron chi connectivity index (χ1n) is 16.5. The van der Waals surface area contributed by atoms with E-state index < -0.39 is 5.54 Å². The number of amides is 1. The van der Waals surface area contributed by atoms with Gasteiger partial charge in [-0.05, 0) is 111 Å². The van der Waals surface area contributed by atoms with Crippen LogP contribution in [-0.4, -0.2) is 50.2 Å². The Morgan fingerprint density at radius 3 is 2.16 bits per heavy atom. The Balaban J connectivity index is 1.17. The number of carbonyl (C=O) groups is 1. The second kappa shape index (κ2) is 13.8. The fraction of sp³-hybridized carbons (Fsp3) is 0.571. The third-order valence-corrected chi connectivity index (χ3v) is 11.5. The first kappa shape index (κ1) is 31.4. The van der Waals surface area contributed by atoms with Crippen molar-refractivity contribution in [2.75, 3.05) is 18.4 Å². The molecule has 0 unspecified atom stereocenters. The van der Waals surface area contributed by atoms with Crippen LogP contribution in [0.5, 0.6) is 0 Å². The van der Waals surface area contributed by atoms with E-state index in [4.69, 9.17) is 28.9 Å². The van der Waals surface area contributed by atoms with E-state index in [9.17, 15) is 4.79 Å². The van der Waals surface area contributed by atoms with Crippen LogP contribution < -0.4 is 11.1 Å². The summed E-state index contributed by atoms with van der Waals surface area (Å²) in [7, 11) is 0. The number of aromatic nitrogens is 3. The van der Waals surface area contributed by atoms with Gasteiger partial charge in [-0.25, -0.2) is 4.98 Å². The number of carbonyl (C=O) groups excluding carboxylic acids is 1. The molecule has 2 aliphatic carbocycles. The highest BCUT2D eigenvalue weighted by atomic mass is 35.5. The molecular weight excluding hydrogens is 591 g/mol. The van der Waals surface area contributed by atoms with Crippen LogP contribution in [0.4, 0.5) is 5.69 Å². The lowest BCUT2D eigenvalue weighted by Gasteiger charge is -2.50. The Labute approximate surface area is 271 Å². The Bertz CT molecular complexity index is 1340. The molecule has 0 spiro atoms. The number of nitrogens with zero attached hydrogens (tertiary/aromatic N) is 4. The van der Waals surface area contributed by atoms with Crippen molar-refractivity contribution in [2.45, 2.75) is 95.2 Å². The maximum atomic E-state index is 14.5. The maximum Gasteiger partial charge on any atom is 0.227 e. The van der Waals surface area contributed by atoms with Crippen molar-refractivity contribution in [1.29, 1.82) is 0 Å². The molecule has 7 nitrogen and oxygen atoms in total. The lowest BCUT2D eigenvalue weighted by molar-refractivity contribution is -0.142. The maximum absolute atomic E-state index is 14.5. The molecule has 9 heteroatoms. The van der Waals surface area contributed by atoms with Crippen LogP contribution in [0.2, 0.25) is 10.0 Å². The number of benzene rings is 2. The van der Waals surface area contributed by atoms with Gasteiger partial charge in [0.05, 0.1) is 5.92 Å². The van der Waals surface area contributed by atoms with Crippen LogP contribution in [0.15, 0.2) is 61.2 Å². The summed E-state index contributed by atoms with van der Waals surface area (Å²) < 4.78 is 2.01. The molecule has 0 bridgehead atoms. The summed E-state index contributed by atoms with van der Waals surface area (Å²) in [6.45, 7) is 2.44. The third-order valence-electron chi connectivity index (χ3n) is 11.0. The molecule has 0 radical (unpaired) electrons. The van der Waals surface area contributed by atoms with Crippen molar-refractivity contribution < 1.29 is 4.79 Å². The Morgan fingerprint density at radius 1 is 0.909 bits per heavy atom. The molecule has 1 saturated heterocycles. The summed E-state index contributed by atoms with van der Waals surface area (Å²) in [5.74, 6) is 0.606. The Morgan fingerprint density at radius 2 is 1.55 bits per heavy atom. The van der Waals surface area contributed by atoms with Crippen LogP contribution in [0.25, 0.3) is 0 Å². The number of halogens is 2. The van der Waals surface area contributed by atoms with Crippen molar-refractivity contribution >= 4 is 34.8 Å². The zero-order chi connectivity index (χ0) is 30.6. The standard InChI is InChI=1S/C35H46Cl2N6O/c36-28-8-6-26(7-9-28)22-32(35(38)16-14-31(15-17-35)41-30-12-10-29(37)11-13-30)33(44)42-20-18-34(19-21-42,23-43-25-39-24-40-43)27-4-2-1-3-5-27/h6-13,24-25,27,31-32,41H,1-5,14-23,38H2/t31-,32-,35+/m0/s1. The number of rotatable bonds is 9. The number of anilines is 1. The minimum Gasteiger partial charge on any atom is -0.382 e. The number of nitrogens with two attached hydrogens (primary N) is 1. The van der Waals surface area contributed by atoms with Gasteiger partial charge in [-0.2, -0.15) is 5.10 Å². The summed E-state index contributed by atoms with van der Waals surface area (Å²) >= 11 is 12.3. The molecular formula is C35H46Cl2N6O. The summed E-state index contributed by atoms with van der Waals surface area (Å²) in [4.78, 5) is 20.9. The number of hydrogen-bond acceptors (Lipinski definition) is 5. The molecule has 1 atom stereocenters. The van der Waals surface area contributed by atoms with E-state index in [1.165, 1.54) is 32.1 Å². The number of nitrogens with one attached hydrogen (secondary N) is 1. The first-order chi connectivity index (χ1) is 21.3. The normalized spacial score (nSPS) is 25.0. The van der Waals surface area contributed by atoms with Crippen LogP contribution >= 0.6 is 23.2 Å². The second-order valence-corrected chi connectivity index (χ2v) is 14.5. The lowest BCUT2D eigenvalue weighted by atomic mass is 9.63. The van der Waals surface area contributed by atoms with Crippen molar-refractivity contribution in [3.8, 4) is 0 Å². The minimum absolute atomic E-state index is 0.155. The first-order valence-corrected chi connectivity index (χ1v) is 17.2. The smallest absolute Gasteiger partial charge is 0.227 e. The van der Waals surface area contributed by atoms with Gasteiger partial charge >= 0.3 is 0 Å². The molecule has 2 aromatic carbocycles. The molecule has 3 N–H and O–H groups in total. The summed E-state index contributed by atoms with van der Waals surface area (Å²) in [6.07, 6.45) is 16.1. The van der Waals surface area contributed by atoms with Crippen molar-refractivity contribution in [3.05, 3.63) is 76.8 Å². The fourth-order valence-corrected chi connectivity index (χ4v) is 8.51. The van der Waals surface area contributed by atoms with Gasteiger partial charge < -0.3 is 16.0 Å². The van der Waals surface area contributed by atoms with E-state index in [1.807, 2.05) is 59.5 Å². The van der Waals surface area contributed by atoms with Crippen molar-refractivity contribution in [2.24, 2.45) is 23.0 Å². The van der Waals surface area contributed by atoms with E-state index in [0.29, 0.717) is 23.4 Å². The topological polar surface area (TPSA) is 89.1 Å². The predicted octanol–water partition coefficient (Wildman–Crippen LogP) is 7.39. The summed E-state index contributed by atoms with van der Waals surface area (Å²) in [5, 5.41) is 9.57. The molecule has 6 rings (SSSR count). The average molecular weight is 638 g/mol. The third kappa shape index (κ3) is 7.27. The molecule has 1 aliphatic heterocycles. The lowest BCUT2D eigenvalue weighted by Crippen LogP contribution is -2.59. The van der Waals surface area contributed by atoms with Gasteiger partial charge in [-0.1, -0.05) is 54.6 Å². The van der Waals surface area contributed by atoms with Crippen LogP contribution in [0.1, 0.15) is 76.2 Å². The predicted molar refractivity (Wildman–Crippen MR) is 178 cm³/mol. The zero-order valence-corrected chi connectivity index (χ0v) is 27.2. The van der Waals surface area contributed by atoms with Gasteiger partial charge in [0.15, 0.2) is 0 Å². The summed E-state index contributed by atoms with van der Waals surface area (Å²) in [6, 6.07) is 16.1. The number of piperidine rings is 1. The van der Waals surface area contributed by atoms with E-state index in [1.54, 1.807) is 6.33 Å². The van der Waals surface area contributed by atoms with Gasteiger partial charge in [0.1, 0.15) is 12.7 Å². The molecule has 3 fully saturated rings. The zero-order valence-electron chi connectivity index (χ0n) is 25.6. The fourth-order valence-electron chi connectivity index (χ4n) is 8.26. The SMILES string of the molecule is N[C@]1([C@@H](Cc2ccc(Cl)cc2)C(=O)N2CCC(Cn3cncn3)(C3CCCCC3)CC2)CC[C@H](Nc2ccc(Cl)cc2)CC1. The van der Waals surface area contributed by atoms with E-state index >= 15 is 0 Å². The average Bonchev–Trinajstić information content (AvgIpc) is 3.56. The highest BCUT2D eigenvalue weighted by Crippen LogP contribution is 2.47. The molecule has 2 saturated carbocycles. The van der Waals surface area contributed by atoms with Crippen LogP contribution in [0, 0.1) is 17.3 Å². The Hall–Kier alpha value is -2.61. The van der Waals surface area contributed by atoms with Crippen LogP contribution in [0.3, 0.4) is 0 Å². The highest BCUT2D eigenvalue weighted by Gasteiger charge is 2.47. The molecule has 2 heterocycles. The molecule has 3 aromatic rings. The van der Waals surface area contributed by atoms with E-state index in [-0.39, 0.29) is 17.2 Å². The van der Waals surface area contributed by atoms with Gasteiger partial charge in [0.25, 0.3) is 0 Å². The summed E-state index contributed by atoms with van der Waals surface area (Å²) in [5.41, 5.74) is 9.06. The van der Waals surface area contributed by atoms with Crippen LogP contribution in [-0.2, 0) is 17.8 Å². The number of likely N-dealkylation sites (tertiary alicyclic amines) is 1. The highest BCUT2D eigenvalue weighted by molar-refractivity contribution is 6.30. The quantitative estimate of drug-likeness (QED) is 0.256. The minimum atomic E-state index is -0.562. The van der Waals surface area contributed by atoms with Gasteiger partial charge in [0.2, 0.25) is 5.91 Å². The number of hydrogen-bond donors (Lipinski definition) is 2. The van der Waals surface area contributed by atoms with E-state index in [2.05, 4.69) is 20.3 Å². The molecule has 44 heavy (non-hydrogen) atoms. The van der Waals surface area contributed by atoms with Gasteiger partial charge in [-0.3, -0.25) is 9.48 Å². The molecule has 236 valence electrons. The monoisotopic (exact) mass is 636 g/mol. The second-order valence-electron chi connectivity index (χ2n) is 13.7. The molecule has 1 aromatic heterocycles. The molecule has 3 aliphatic rings. The largest absolute Gasteiger partial charge is 0.382 e.